The van der Waals surface area contributed by atoms with Crippen LogP contribution in [0.2, 0.25) is 0 Å². The molecule has 25 heavy (non-hydrogen) atoms. The van der Waals surface area contributed by atoms with Gasteiger partial charge in [-0.2, -0.15) is 0 Å². The lowest BCUT2D eigenvalue weighted by atomic mass is 10.1. The van der Waals surface area contributed by atoms with E-state index in [0.29, 0.717) is 12.6 Å². The number of aryl methyl sites for hydroxylation is 2. The molecule has 2 heterocycles. The van der Waals surface area contributed by atoms with Crippen molar-refractivity contribution in [1.82, 2.24) is 14.8 Å². The van der Waals surface area contributed by atoms with Gasteiger partial charge in [0.25, 0.3) is 0 Å². The molecule has 0 N–H and O–H groups in total. The van der Waals surface area contributed by atoms with Gasteiger partial charge in [0.1, 0.15) is 5.75 Å². The van der Waals surface area contributed by atoms with Crippen LogP contribution in [0.3, 0.4) is 0 Å². The van der Waals surface area contributed by atoms with Gasteiger partial charge in [0.2, 0.25) is 5.95 Å². The van der Waals surface area contributed by atoms with E-state index in [1.807, 2.05) is 0 Å². The molecule has 5 nitrogen and oxygen atoms in total. The Hall–Kier alpha value is -1.69. The highest BCUT2D eigenvalue weighted by Crippen LogP contribution is 2.41. The fourth-order valence-electron chi connectivity index (χ4n) is 3.46. The molecule has 0 spiro atoms. The minimum atomic E-state index is 0.604. The third-order valence-electron chi connectivity index (χ3n) is 4.92. The summed E-state index contributed by atoms with van der Waals surface area (Å²) in [4.78, 5) is 2.39. The summed E-state index contributed by atoms with van der Waals surface area (Å²) in [5, 5.41) is 10.0. The summed E-state index contributed by atoms with van der Waals surface area (Å²) in [5.74, 6) is 2.99. The molecule has 134 valence electrons. The van der Waals surface area contributed by atoms with Crippen molar-refractivity contribution in [3.05, 3.63) is 29.3 Å². The standard InChI is InChI=1S/C19H26N4OS/c1-14-6-5-7-15(2)17(14)24-12-13-25-19-21-20-18(22-10-3-4-11-22)23(19)16-8-9-16/h5-7,16H,3-4,8-13H2,1-2H3. The molecular formula is C19H26N4OS. The van der Waals surface area contributed by atoms with E-state index in [9.17, 15) is 0 Å². The second kappa shape index (κ2) is 7.28. The average Bonchev–Trinajstić information content (AvgIpc) is 3.13. The van der Waals surface area contributed by atoms with Crippen molar-refractivity contribution in [2.75, 3.05) is 30.3 Å². The molecule has 1 aliphatic carbocycles. The highest BCUT2D eigenvalue weighted by molar-refractivity contribution is 7.99. The molecule has 1 aromatic carbocycles. The van der Waals surface area contributed by atoms with Gasteiger partial charge in [0.15, 0.2) is 5.16 Å². The molecule has 1 saturated carbocycles. The maximum atomic E-state index is 6.02. The molecule has 2 aromatic rings. The van der Waals surface area contributed by atoms with Crippen molar-refractivity contribution < 1.29 is 4.74 Å². The van der Waals surface area contributed by atoms with Crippen LogP contribution in [0.15, 0.2) is 23.4 Å². The van der Waals surface area contributed by atoms with Crippen molar-refractivity contribution in [2.45, 2.75) is 50.7 Å². The van der Waals surface area contributed by atoms with Crippen molar-refractivity contribution >= 4 is 17.7 Å². The minimum absolute atomic E-state index is 0.604. The van der Waals surface area contributed by atoms with Crippen LogP contribution in [0.5, 0.6) is 5.75 Å². The van der Waals surface area contributed by atoms with Gasteiger partial charge >= 0.3 is 0 Å². The van der Waals surface area contributed by atoms with Crippen LogP contribution < -0.4 is 9.64 Å². The number of rotatable bonds is 7. The number of hydrogen-bond acceptors (Lipinski definition) is 5. The molecule has 2 aliphatic rings. The number of aromatic nitrogens is 3. The molecule has 0 amide bonds. The zero-order valence-corrected chi connectivity index (χ0v) is 15.9. The van der Waals surface area contributed by atoms with E-state index in [4.69, 9.17) is 4.74 Å². The van der Waals surface area contributed by atoms with Gasteiger partial charge in [-0.05, 0) is 50.7 Å². The molecule has 0 unspecified atom stereocenters. The van der Waals surface area contributed by atoms with E-state index < -0.39 is 0 Å². The minimum Gasteiger partial charge on any atom is -0.492 e. The Morgan fingerprint density at radius 1 is 1.12 bits per heavy atom. The second-order valence-electron chi connectivity index (χ2n) is 7.00. The monoisotopic (exact) mass is 358 g/mol. The van der Waals surface area contributed by atoms with E-state index in [0.717, 1.165) is 35.7 Å². The van der Waals surface area contributed by atoms with E-state index >= 15 is 0 Å². The van der Waals surface area contributed by atoms with Crippen molar-refractivity contribution in [3.63, 3.8) is 0 Å². The third-order valence-corrected chi connectivity index (χ3v) is 5.82. The number of hydrogen-bond donors (Lipinski definition) is 0. The van der Waals surface area contributed by atoms with Crippen molar-refractivity contribution in [1.29, 1.82) is 0 Å². The maximum absolute atomic E-state index is 6.02. The van der Waals surface area contributed by atoms with Gasteiger partial charge in [-0.25, -0.2) is 0 Å². The molecule has 4 rings (SSSR count). The molecule has 0 bridgehead atoms. The molecular weight excluding hydrogens is 332 g/mol. The Bertz CT molecular complexity index is 715. The molecule has 1 aliphatic heterocycles. The van der Waals surface area contributed by atoms with E-state index in [2.05, 4.69) is 51.7 Å². The SMILES string of the molecule is Cc1cccc(C)c1OCCSc1nnc(N2CCCC2)n1C1CC1. The normalized spacial score (nSPS) is 17.3. The fourth-order valence-corrected chi connectivity index (χ4v) is 4.27. The van der Waals surface area contributed by atoms with Crippen molar-refractivity contribution in [2.24, 2.45) is 0 Å². The smallest absolute Gasteiger partial charge is 0.228 e. The van der Waals surface area contributed by atoms with Gasteiger partial charge in [-0.1, -0.05) is 30.0 Å². The van der Waals surface area contributed by atoms with Crippen LogP contribution in [0, 0.1) is 13.8 Å². The predicted molar refractivity (Wildman–Crippen MR) is 102 cm³/mol. The highest BCUT2D eigenvalue weighted by Gasteiger charge is 2.32. The van der Waals surface area contributed by atoms with Gasteiger partial charge in [-0.3, -0.25) is 4.57 Å². The molecule has 1 aromatic heterocycles. The number of benzene rings is 1. The van der Waals surface area contributed by atoms with Gasteiger partial charge in [-0.15, -0.1) is 10.2 Å². The van der Waals surface area contributed by atoms with Gasteiger partial charge < -0.3 is 9.64 Å². The van der Waals surface area contributed by atoms with Crippen LogP contribution in [0.1, 0.15) is 42.9 Å². The topological polar surface area (TPSA) is 43.2 Å². The number of para-hydroxylation sites is 1. The van der Waals surface area contributed by atoms with Crippen LogP contribution in [0.25, 0.3) is 0 Å². The molecule has 0 radical (unpaired) electrons. The first kappa shape index (κ1) is 16.8. The zero-order chi connectivity index (χ0) is 17.2. The summed E-state index contributed by atoms with van der Waals surface area (Å²) in [6.45, 7) is 7.12. The lowest BCUT2D eigenvalue weighted by Gasteiger charge is -2.18. The Kier molecular flexibility index (Phi) is 4.88. The third kappa shape index (κ3) is 3.64. The summed E-state index contributed by atoms with van der Waals surface area (Å²) in [6.07, 6.45) is 5.05. The Balaban J connectivity index is 1.38. The lowest BCUT2D eigenvalue weighted by Crippen LogP contribution is -2.22. The van der Waals surface area contributed by atoms with Crippen LogP contribution >= 0.6 is 11.8 Å². The van der Waals surface area contributed by atoms with E-state index in [1.165, 1.54) is 36.8 Å². The second-order valence-corrected chi connectivity index (χ2v) is 8.06. The highest BCUT2D eigenvalue weighted by atomic mass is 32.2. The summed E-state index contributed by atoms with van der Waals surface area (Å²) < 4.78 is 8.39. The quantitative estimate of drug-likeness (QED) is 0.553. The first-order valence-corrected chi connectivity index (χ1v) is 10.2. The fraction of sp³-hybridized carbons (Fsp3) is 0.579. The molecule has 1 saturated heterocycles. The summed E-state index contributed by atoms with van der Waals surface area (Å²) in [6, 6.07) is 6.88. The van der Waals surface area contributed by atoms with Gasteiger partial charge in [0, 0.05) is 24.9 Å². The first-order valence-electron chi connectivity index (χ1n) is 9.25. The average molecular weight is 359 g/mol. The van der Waals surface area contributed by atoms with Crippen molar-refractivity contribution in [3.8, 4) is 5.75 Å². The first-order chi connectivity index (χ1) is 12.2. The van der Waals surface area contributed by atoms with Crippen LogP contribution in [-0.4, -0.2) is 40.2 Å². The number of ether oxygens (including phenoxy) is 1. The van der Waals surface area contributed by atoms with Crippen LogP contribution in [-0.2, 0) is 0 Å². The van der Waals surface area contributed by atoms with E-state index in [1.54, 1.807) is 11.8 Å². The lowest BCUT2D eigenvalue weighted by molar-refractivity contribution is 0.339. The van der Waals surface area contributed by atoms with Crippen LogP contribution in [0.4, 0.5) is 5.95 Å². The zero-order valence-electron chi connectivity index (χ0n) is 15.1. The van der Waals surface area contributed by atoms with Gasteiger partial charge in [0.05, 0.1) is 6.61 Å². The summed E-state index contributed by atoms with van der Waals surface area (Å²) in [5.41, 5.74) is 2.39. The largest absolute Gasteiger partial charge is 0.492 e. The molecule has 0 atom stereocenters. The molecule has 2 fully saturated rings. The number of nitrogens with zero attached hydrogens (tertiary/aromatic N) is 4. The molecule has 6 heteroatoms. The Morgan fingerprint density at radius 2 is 1.84 bits per heavy atom. The van der Waals surface area contributed by atoms with E-state index in [-0.39, 0.29) is 0 Å². The summed E-state index contributed by atoms with van der Waals surface area (Å²) >= 11 is 1.76. The maximum Gasteiger partial charge on any atom is 0.228 e. The Labute approximate surface area is 153 Å². The number of thioether (sulfide) groups is 1. The Morgan fingerprint density at radius 3 is 2.52 bits per heavy atom. The predicted octanol–water partition coefficient (Wildman–Crippen LogP) is 4.00. The summed E-state index contributed by atoms with van der Waals surface area (Å²) in [7, 11) is 0. The number of anilines is 1.